The van der Waals surface area contributed by atoms with E-state index in [0.29, 0.717) is 12.3 Å². The molecule has 96 valence electrons. The molecular weight excluding hydrogens is 216 g/mol. The van der Waals surface area contributed by atoms with Gasteiger partial charge in [0.25, 0.3) is 0 Å². The Morgan fingerprint density at radius 2 is 1.81 bits per heavy atom. The van der Waals surface area contributed by atoms with Crippen LogP contribution >= 0.6 is 0 Å². The number of rotatable bonds is 6. The van der Waals surface area contributed by atoms with Gasteiger partial charge in [0.2, 0.25) is 0 Å². The van der Waals surface area contributed by atoms with Gasteiger partial charge in [0.1, 0.15) is 5.78 Å². The van der Waals surface area contributed by atoms with E-state index in [1.54, 1.807) is 6.92 Å². The zero-order valence-corrected chi connectivity index (χ0v) is 13.0. The molecule has 0 aromatic carbocycles. The Labute approximate surface area is 102 Å². The first-order valence-electron chi connectivity index (χ1n) is 6.19. The summed E-state index contributed by atoms with van der Waals surface area (Å²) < 4.78 is 6.12. The fourth-order valence-corrected chi connectivity index (χ4v) is 2.23. The van der Waals surface area contributed by atoms with Crippen molar-refractivity contribution in [1.82, 2.24) is 0 Å². The molecule has 0 spiro atoms. The Morgan fingerprint density at radius 1 is 1.31 bits per heavy atom. The second-order valence-corrected chi connectivity index (χ2v) is 11.2. The Morgan fingerprint density at radius 3 is 2.19 bits per heavy atom. The van der Waals surface area contributed by atoms with Gasteiger partial charge >= 0.3 is 0 Å². The molecule has 0 radical (unpaired) electrons. The molecule has 0 fully saturated rings. The van der Waals surface area contributed by atoms with Gasteiger partial charge < -0.3 is 9.22 Å². The van der Waals surface area contributed by atoms with Gasteiger partial charge in [0.15, 0.2) is 8.32 Å². The lowest BCUT2D eigenvalue weighted by Crippen LogP contribution is -2.41. The van der Waals surface area contributed by atoms with Gasteiger partial charge in [-0.25, -0.2) is 0 Å². The lowest BCUT2D eigenvalue weighted by molar-refractivity contribution is -0.117. The Kier molecular flexibility index (Phi) is 5.91. The maximum Gasteiger partial charge on any atom is 0.191 e. The average molecular weight is 244 g/mol. The minimum atomic E-state index is -1.61. The molecule has 0 bridgehead atoms. The summed E-state index contributed by atoms with van der Waals surface area (Å²) in [6.45, 7) is 15.9. The van der Waals surface area contributed by atoms with Gasteiger partial charge in [-0.2, -0.15) is 0 Å². The highest BCUT2D eigenvalue weighted by molar-refractivity contribution is 6.74. The third kappa shape index (κ3) is 5.80. The smallest absolute Gasteiger partial charge is 0.191 e. The van der Waals surface area contributed by atoms with Gasteiger partial charge in [0, 0.05) is 13.0 Å². The Bertz CT molecular complexity index is 229. The van der Waals surface area contributed by atoms with Crippen molar-refractivity contribution in [3.05, 3.63) is 0 Å². The van der Waals surface area contributed by atoms with Crippen molar-refractivity contribution in [2.45, 2.75) is 65.6 Å². The molecular formula is C13H28O2Si. The van der Waals surface area contributed by atoms with Crippen LogP contribution in [0, 0.1) is 5.92 Å². The molecule has 0 saturated carbocycles. The fourth-order valence-electron chi connectivity index (χ4n) is 1.10. The highest BCUT2D eigenvalue weighted by Gasteiger charge is 2.37. The standard InChI is InChI=1S/C13H28O2Si/c1-11(8-9-12(2)14)10-15-16(6,7)13(3,4)5/h11H,8-10H2,1-7H3/t11-/m0/s1. The van der Waals surface area contributed by atoms with Crippen molar-refractivity contribution < 1.29 is 9.22 Å². The maximum absolute atomic E-state index is 10.9. The molecule has 0 unspecified atom stereocenters. The quantitative estimate of drug-likeness (QED) is 0.660. The monoisotopic (exact) mass is 244 g/mol. The van der Waals surface area contributed by atoms with E-state index in [2.05, 4.69) is 40.8 Å². The number of ketones is 1. The van der Waals surface area contributed by atoms with Gasteiger partial charge in [0.05, 0.1) is 0 Å². The zero-order valence-electron chi connectivity index (χ0n) is 12.0. The van der Waals surface area contributed by atoms with E-state index in [1.807, 2.05) is 0 Å². The Hall–Kier alpha value is -0.153. The summed E-state index contributed by atoms with van der Waals surface area (Å²) in [5, 5.41) is 0.271. The molecule has 0 N–H and O–H groups in total. The minimum absolute atomic E-state index is 0.271. The maximum atomic E-state index is 10.9. The van der Waals surface area contributed by atoms with Crippen LogP contribution in [-0.2, 0) is 9.22 Å². The van der Waals surface area contributed by atoms with Gasteiger partial charge in [-0.15, -0.1) is 0 Å². The van der Waals surface area contributed by atoms with Crippen molar-refractivity contribution in [2.24, 2.45) is 5.92 Å². The second-order valence-electron chi connectivity index (χ2n) is 6.42. The second kappa shape index (κ2) is 5.96. The molecule has 16 heavy (non-hydrogen) atoms. The molecule has 0 saturated heterocycles. The van der Waals surface area contributed by atoms with Gasteiger partial charge in [-0.1, -0.05) is 27.7 Å². The van der Waals surface area contributed by atoms with E-state index in [0.717, 1.165) is 13.0 Å². The molecule has 0 aromatic rings. The predicted octanol–water partition coefficient (Wildman–Crippen LogP) is 4.01. The van der Waals surface area contributed by atoms with Crippen molar-refractivity contribution in [1.29, 1.82) is 0 Å². The molecule has 0 heterocycles. The average Bonchev–Trinajstić information content (AvgIpc) is 2.09. The van der Waals surface area contributed by atoms with Crippen LogP contribution in [0.2, 0.25) is 18.1 Å². The van der Waals surface area contributed by atoms with Crippen LogP contribution in [0.15, 0.2) is 0 Å². The highest BCUT2D eigenvalue weighted by Crippen LogP contribution is 2.36. The van der Waals surface area contributed by atoms with Crippen molar-refractivity contribution in [3.8, 4) is 0 Å². The summed E-state index contributed by atoms with van der Waals surface area (Å²) in [5.41, 5.74) is 0. The van der Waals surface area contributed by atoms with Crippen molar-refractivity contribution >= 4 is 14.1 Å². The minimum Gasteiger partial charge on any atom is -0.417 e. The zero-order chi connectivity index (χ0) is 13.0. The summed E-state index contributed by atoms with van der Waals surface area (Å²) >= 11 is 0. The van der Waals surface area contributed by atoms with Crippen LogP contribution in [0.5, 0.6) is 0 Å². The van der Waals surface area contributed by atoms with E-state index in [1.165, 1.54) is 0 Å². The Balaban J connectivity index is 4.00. The van der Waals surface area contributed by atoms with Crippen LogP contribution in [-0.4, -0.2) is 20.7 Å². The number of carbonyl (C=O) groups is 1. The summed E-state index contributed by atoms with van der Waals surface area (Å²) in [4.78, 5) is 10.9. The number of carbonyl (C=O) groups excluding carboxylic acids is 1. The van der Waals surface area contributed by atoms with Crippen LogP contribution in [0.3, 0.4) is 0 Å². The molecule has 0 amide bonds. The van der Waals surface area contributed by atoms with E-state index in [-0.39, 0.29) is 10.8 Å². The molecule has 0 rings (SSSR count). The first kappa shape index (κ1) is 15.8. The van der Waals surface area contributed by atoms with Gasteiger partial charge in [-0.3, -0.25) is 0 Å². The highest BCUT2D eigenvalue weighted by atomic mass is 28.4. The van der Waals surface area contributed by atoms with Crippen molar-refractivity contribution in [2.75, 3.05) is 6.61 Å². The van der Waals surface area contributed by atoms with Crippen LogP contribution < -0.4 is 0 Å². The number of hydrogen-bond donors (Lipinski definition) is 0. The first-order valence-corrected chi connectivity index (χ1v) is 9.10. The number of Topliss-reactive ketones (excluding diaryl/α,β-unsaturated/α-hetero) is 1. The molecule has 0 aliphatic rings. The summed E-state index contributed by atoms with van der Waals surface area (Å²) in [7, 11) is -1.61. The molecule has 3 heteroatoms. The predicted molar refractivity (Wildman–Crippen MR) is 72.2 cm³/mol. The van der Waals surface area contributed by atoms with Crippen LogP contribution in [0.25, 0.3) is 0 Å². The lowest BCUT2D eigenvalue weighted by Gasteiger charge is -2.37. The lowest BCUT2D eigenvalue weighted by atomic mass is 10.1. The summed E-state index contributed by atoms with van der Waals surface area (Å²) in [6, 6.07) is 0. The third-order valence-corrected chi connectivity index (χ3v) is 8.02. The summed E-state index contributed by atoms with van der Waals surface area (Å²) in [6.07, 6.45) is 1.63. The first-order chi connectivity index (χ1) is 7.06. The van der Waals surface area contributed by atoms with E-state index < -0.39 is 8.32 Å². The molecule has 2 nitrogen and oxygen atoms in total. The largest absolute Gasteiger partial charge is 0.417 e. The van der Waals surface area contributed by atoms with Gasteiger partial charge in [-0.05, 0) is 37.4 Å². The summed E-state index contributed by atoms with van der Waals surface area (Å²) in [5.74, 6) is 0.761. The third-order valence-electron chi connectivity index (χ3n) is 3.52. The van der Waals surface area contributed by atoms with E-state index >= 15 is 0 Å². The molecule has 0 aromatic heterocycles. The fraction of sp³-hybridized carbons (Fsp3) is 0.923. The molecule has 0 aliphatic heterocycles. The number of hydrogen-bond acceptors (Lipinski definition) is 2. The molecule has 1 atom stereocenters. The van der Waals surface area contributed by atoms with Crippen molar-refractivity contribution in [3.63, 3.8) is 0 Å². The van der Waals surface area contributed by atoms with E-state index in [9.17, 15) is 4.79 Å². The topological polar surface area (TPSA) is 26.3 Å². The molecule has 0 aliphatic carbocycles. The normalized spacial score (nSPS) is 14.9. The van der Waals surface area contributed by atoms with Crippen LogP contribution in [0.4, 0.5) is 0 Å². The van der Waals surface area contributed by atoms with E-state index in [4.69, 9.17) is 4.43 Å². The van der Waals surface area contributed by atoms with Crippen LogP contribution in [0.1, 0.15) is 47.5 Å². The SMILES string of the molecule is CC(=O)CC[C@H](C)CO[Si](C)(C)C(C)(C)C.